The van der Waals surface area contributed by atoms with Crippen LogP contribution in [0.2, 0.25) is 0 Å². The smallest absolute Gasteiger partial charge is 0.327 e. The molecule has 0 saturated heterocycles. The van der Waals surface area contributed by atoms with E-state index >= 15 is 0 Å². The highest BCUT2D eigenvalue weighted by Crippen LogP contribution is 2.17. The third-order valence-electron chi connectivity index (χ3n) is 10.0. The number of carbonyl (C=O) groups excluding carboxylic acids is 8. The van der Waals surface area contributed by atoms with Crippen LogP contribution in [0, 0.1) is 5.92 Å². The van der Waals surface area contributed by atoms with Crippen molar-refractivity contribution in [3.63, 3.8) is 0 Å². The van der Waals surface area contributed by atoms with Crippen LogP contribution >= 0.6 is 12.6 Å². The Morgan fingerprint density at radius 3 is 1.99 bits per heavy atom. The Hall–Kier alpha value is -8.97. The van der Waals surface area contributed by atoms with Crippen molar-refractivity contribution < 1.29 is 77.5 Å². The van der Waals surface area contributed by atoms with Crippen LogP contribution in [0.1, 0.15) is 54.6 Å². The van der Waals surface area contributed by atoms with Crippen molar-refractivity contribution in [3.05, 3.63) is 52.1 Å². The topological polar surface area (TPSA) is 501 Å². The van der Waals surface area contributed by atoms with Crippen molar-refractivity contribution in [2.75, 3.05) is 36.6 Å². The van der Waals surface area contributed by atoms with E-state index in [2.05, 4.69) is 68.9 Å². The summed E-state index contributed by atoms with van der Waals surface area (Å²) in [5, 5.41) is 42.5. The van der Waals surface area contributed by atoms with E-state index in [1.807, 2.05) is 5.32 Å². The lowest BCUT2D eigenvalue weighted by Gasteiger charge is -2.25. The van der Waals surface area contributed by atoms with Crippen LogP contribution in [0.25, 0.3) is 11.2 Å². The maximum Gasteiger partial charge on any atom is 0.327 e. The van der Waals surface area contributed by atoms with Crippen molar-refractivity contribution in [2.24, 2.45) is 22.4 Å². The Bertz CT molecular complexity index is 2600. The lowest BCUT2D eigenvalue weighted by molar-refractivity contribution is -0.143. The van der Waals surface area contributed by atoms with E-state index in [-0.39, 0.29) is 67.5 Å². The molecule has 1 aromatic carbocycles. The molecule has 31 nitrogen and oxygen atoms in total. The van der Waals surface area contributed by atoms with Crippen molar-refractivity contribution in [3.8, 4) is 0 Å². The van der Waals surface area contributed by atoms with Crippen LogP contribution in [-0.4, -0.2) is 163 Å². The molecule has 0 aliphatic heterocycles. The number of Topliss-reactive ketones (excluding diaryl/α,β-unsaturated/α-hetero) is 1. The van der Waals surface area contributed by atoms with E-state index in [0.717, 1.165) is 0 Å². The molecule has 32 heteroatoms. The number of aliphatic imine (C=N–C) groups is 1. The van der Waals surface area contributed by atoms with Gasteiger partial charge >= 0.3 is 17.9 Å². The maximum atomic E-state index is 13.8. The van der Waals surface area contributed by atoms with Crippen molar-refractivity contribution in [1.29, 1.82) is 0 Å². The molecule has 2 heterocycles. The quantitative estimate of drug-likeness (QED) is 0.00896. The number of carbonyl (C=O) groups is 11. The second kappa shape index (κ2) is 29.3. The number of ether oxygens (including phenoxy) is 2. The van der Waals surface area contributed by atoms with E-state index in [9.17, 15) is 72.9 Å². The third kappa shape index (κ3) is 19.7. The van der Waals surface area contributed by atoms with Gasteiger partial charge in [0.15, 0.2) is 22.9 Å². The van der Waals surface area contributed by atoms with E-state index in [1.54, 1.807) is 0 Å². The first kappa shape index (κ1) is 58.3. The minimum atomic E-state index is -1.92. The average molecular weight is 1050 g/mol. The molecule has 73 heavy (non-hydrogen) atoms. The molecule has 0 radical (unpaired) electrons. The van der Waals surface area contributed by atoms with Gasteiger partial charge in [-0.1, -0.05) is 0 Å². The fraction of sp³-hybridized carbons (Fsp3) is 0.415. The summed E-state index contributed by atoms with van der Waals surface area (Å²) in [5.74, 6) is -13.3. The number of nitrogens with one attached hydrogen (secondary N) is 7. The lowest BCUT2D eigenvalue weighted by atomic mass is 9.93. The molecular weight excluding hydrogens is 993 g/mol. The summed E-state index contributed by atoms with van der Waals surface area (Å²) < 4.78 is 9.39. The van der Waals surface area contributed by atoms with Crippen LogP contribution in [0.5, 0.6) is 0 Å². The average Bonchev–Trinajstić information content (AvgIpc) is 3.33. The van der Waals surface area contributed by atoms with E-state index in [1.165, 1.54) is 30.5 Å². The molecule has 3 aromatic rings. The predicted molar refractivity (Wildman–Crippen MR) is 253 cm³/mol. The van der Waals surface area contributed by atoms with Gasteiger partial charge in [-0.2, -0.15) is 17.6 Å². The van der Waals surface area contributed by atoms with Gasteiger partial charge in [0.05, 0.1) is 24.9 Å². The fourth-order valence-corrected chi connectivity index (χ4v) is 6.61. The third-order valence-corrected chi connectivity index (χ3v) is 10.4. The van der Waals surface area contributed by atoms with E-state index in [4.69, 9.17) is 21.9 Å². The summed E-state index contributed by atoms with van der Waals surface area (Å²) in [6.07, 6.45) is -1.73. The lowest BCUT2D eigenvalue weighted by Crippen LogP contribution is -2.58. The van der Waals surface area contributed by atoms with Crippen LogP contribution < -0.4 is 54.7 Å². The number of guanidine groups is 1. The van der Waals surface area contributed by atoms with Gasteiger partial charge < -0.3 is 73.9 Å². The SMILES string of the molecule is NC(N)=NCCCC(CC(=O)C(COC=O)NC(=O)CCC(NC(=O)c1ccc(NCc2cnc3nc(N)[nH]c(=O)c3n2)cc1)C(=O)O)C(=O)NC(COC=O)C(=O)NC(CC(=O)O)C(=O)NC(CS)C(=O)O. The molecule has 394 valence electrons. The van der Waals surface area contributed by atoms with Gasteiger partial charge in [-0.25, -0.2) is 19.6 Å². The Morgan fingerprint density at radius 1 is 0.767 bits per heavy atom. The Balaban J connectivity index is 1.70. The minimum absolute atomic E-state index is 0.0216. The molecule has 0 aliphatic rings. The van der Waals surface area contributed by atoms with Gasteiger partial charge in [0.25, 0.3) is 24.4 Å². The zero-order valence-electron chi connectivity index (χ0n) is 38.3. The number of rotatable bonds is 33. The number of ketones is 1. The number of fused-ring (bicyclic) bond motifs is 1. The number of benzene rings is 1. The van der Waals surface area contributed by atoms with Gasteiger partial charge in [-0.05, 0) is 43.5 Å². The maximum absolute atomic E-state index is 13.8. The van der Waals surface area contributed by atoms with E-state index in [0.29, 0.717) is 11.4 Å². The normalized spacial score (nSPS) is 13.2. The Morgan fingerprint density at radius 2 is 1.38 bits per heavy atom. The first-order valence-electron chi connectivity index (χ1n) is 21.5. The first-order chi connectivity index (χ1) is 34.6. The predicted octanol–water partition coefficient (Wildman–Crippen LogP) is -4.73. The number of carboxylic acid groups (broad SMARTS) is 3. The van der Waals surface area contributed by atoms with Crippen LogP contribution in [-0.2, 0) is 64.0 Å². The summed E-state index contributed by atoms with van der Waals surface area (Å²) >= 11 is 3.81. The Kier molecular flexibility index (Phi) is 23.4. The summed E-state index contributed by atoms with van der Waals surface area (Å²) in [4.78, 5) is 168. The van der Waals surface area contributed by atoms with Crippen molar-refractivity contribution in [1.82, 2.24) is 46.5 Å². The summed E-state index contributed by atoms with van der Waals surface area (Å²) in [6.45, 7) is -1.79. The number of H-pyrrole nitrogens is 1. The largest absolute Gasteiger partial charge is 0.481 e. The molecule has 5 amide bonds. The molecule has 3 rings (SSSR count). The summed E-state index contributed by atoms with van der Waals surface area (Å²) in [5.41, 5.74) is 16.6. The van der Waals surface area contributed by atoms with Gasteiger partial charge in [-0.3, -0.25) is 57.9 Å². The van der Waals surface area contributed by atoms with Crippen molar-refractivity contribution in [2.45, 2.75) is 75.3 Å². The second-order valence-corrected chi connectivity index (χ2v) is 15.8. The number of nitrogens with two attached hydrogens (primary N) is 3. The number of carboxylic acids is 3. The van der Waals surface area contributed by atoms with Crippen LogP contribution in [0.15, 0.2) is 40.2 Å². The van der Waals surface area contributed by atoms with Gasteiger partial charge in [0.1, 0.15) is 43.4 Å². The number of aromatic amines is 1. The number of hydrogen-bond donors (Lipinski definition) is 14. The summed E-state index contributed by atoms with van der Waals surface area (Å²) in [7, 11) is 0. The molecule has 0 aliphatic carbocycles. The van der Waals surface area contributed by atoms with Crippen LogP contribution in [0.3, 0.4) is 0 Å². The molecule has 6 unspecified atom stereocenters. The molecular formula is C41H52N14O17S. The van der Waals surface area contributed by atoms with Gasteiger partial charge in [-0.15, -0.1) is 0 Å². The molecule has 0 bridgehead atoms. The highest BCUT2D eigenvalue weighted by Gasteiger charge is 2.34. The highest BCUT2D eigenvalue weighted by atomic mass is 32.1. The first-order valence-corrected chi connectivity index (χ1v) is 22.1. The number of hydrogen-bond acceptors (Lipinski definition) is 21. The fourth-order valence-electron chi connectivity index (χ4n) is 6.36. The zero-order valence-corrected chi connectivity index (χ0v) is 39.2. The number of aromatic nitrogens is 4. The van der Waals surface area contributed by atoms with Gasteiger partial charge in [0.2, 0.25) is 29.6 Å². The number of amides is 5. The molecule has 0 fully saturated rings. The Labute approximate surface area is 417 Å². The van der Waals surface area contributed by atoms with Crippen LogP contribution in [0.4, 0.5) is 11.6 Å². The number of thiol groups is 1. The number of nitrogens with zero attached hydrogens (tertiary/aromatic N) is 4. The van der Waals surface area contributed by atoms with Crippen molar-refractivity contribution >= 4 is 108 Å². The second-order valence-electron chi connectivity index (χ2n) is 15.4. The summed E-state index contributed by atoms with van der Waals surface area (Å²) in [6, 6.07) is -2.90. The van der Waals surface area contributed by atoms with E-state index < -0.39 is 140 Å². The molecule has 2 aromatic heterocycles. The number of aliphatic carboxylic acids is 3. The minimum Gasteiger partial charge on any atom is -0.481 e. The molecule has 0 spiro atoms. The highest BCUT2D eigenvalue weighted by molar-refractivity contribution is 7.80. The number of anilines is 2. The molecule has 16 N–H and O–H groups in total. The number of nitrogen functional groups attached to an aromatic ring is 1. The standard InChI is InChI=1S/C41H52N14O17S/c42-40(43)45-9-1-2-20(34(63)52-26(15-72-18-57)36(65)51-24(11-30(60)61)35(64)53-27(16-73)39(69)70)10-28(58)25(14-71-17-56)49-29(59)8-7-23(38(67)68)50-33(62)19-3-5-21(6-4-19)46-12-22-13-47-32-31(48-22)37(66)55-41(44)54-32/h3-6,13,17-18,20,23-27,46,73H,1-2,7-12,14-16H2,(H,49,59)(H,50,62)(H,51,65)(H,52,63)(H,53,64)(H,60,61)(H,67,68)(H,69,70)(H4,42,43,45)(H3,44,47,54,55,66). The zero-order chi connectivity index (χ0) is 54.2. The van der Waals surface area contributed by atoms with Gasteiger partial charge in [0, 0.05) is 42.3 Å². The molecule has 0 saturated carbocycles. The monoisotopic (exact) mass is 1040 g/mol. The molecule has 6 atom stereocenters.